The molecule has 1 aliphatic heterocycles. The Bertz CT molecular complexity index is 234. The molecule has 2 nitrogen and oxygen atoms in total. The quantitative estimate of drug-likeness (QED) is 0.434. The molecular weight excluding hydrogens is 124 g/mol. The molecule has 1 rings (SSSR count). The molecule has 54 valence electrons. The molecule has 1 aliphatic rings. The van der Waals surface area contributed by atoms with Crippen molar-refractivity contribution in [2.75, 3.05) is 13.6 Å². The zero-order valence-corrected chi connectivity index (χ0v) is 6.89. The average Bonchev–Trinajstić information content (AvgIpc) is 1.82. The fraction of sp³-hybridized carbons (Fsp3) is 0.500. The highest BCUT2D eigenvalue weighted by molar-refractivity contribution is 5.68. The van der Waals surface area contributed by atoms with Crippen LogP contribution in [0.15, 0.2) is 11.8 Å². The highest BCUT2D eigenvalue weighted by Gasteiger charge is 2.21. The molecule has 0 fully saturated rings. The van der Waals surface area contributed by atoms with Crippen molar-refractivity contribution in [3.63, 3.8) is 0 Å². The van der Waals surface area contributed by atoms with Crippen molar-refractivity contribution in [2.45, 2.75) is 13.8 Å². The topological polar surface area (TPSA) is 6.02 Å². The summed E-state index contributed by atoms with van der Waals surface area (Å²) in [6, 6.07) is 0. The van der Waals surface area contributed by atoms with Gasteiger partial charge in [-0.1, -0.05) is 0 Å². The number of hydrogen-bond acceptors (Lipinski definition) is 0. The Hall–Kier alpha value is -0.920. The molecule has 0 N–H and O–H groups in total. The summed E-state index contributed by atoms with van der Waals surface area (Å²) in [5.74, 6) is 1.20. The Morgan fingerprint density at radius 3 is 2.60 bits per heavy atom. The lowest BCUT2D eigenvalue weighted by Crippen LogP contribution is -2.29. The molecule has 0 aromatic carbocycles. The van der Waals surface area contributed by atoms with Crippen LogP contribution in [0.5, 0.6) is 0 Å². The number of rotatable bonds is 0. The maximum Gasteiger partial charge on any atom is 0.414 e. The second-order valence-electron chi connectivity index (χ2n) is 2.83. The number of nitrogens with zero attached hydrogens (tertiary/aromatic N) is 2. The van der Waals surface area contributed by atoms with E-state index >= 15 is 0 Å². The minimum absolute atomic E-state index is 0.955. The van der Waals surface area contributed by atoms with Crippen molar-refractivity contribution in [3.8, 4) is 0 Å². The Morgan fingerprint density at radius 2 is 2.10 bits per heavy atom. The van der Waals surface area contributed by atoms with Crippen LogP contribution >= 0.6 is 0 Å². The smallest absolute Gasteiger partial charge is 0.150 e. The summed E-state index contributed by atoms with van der Waals surface area (Å²) >= 11 is 0. The van der Waals surface area contributed by atoms with Crippen LogP contribution in [0.4, 0.5) is 0 Å². The van der Waals surface area contributed by atoms with Gasteiger partial charge in [-0.3, -0.25) is 0 Å². The van der Waals surface area contributed by atoms with Gasteiger partial charge in [-0.2, -0.15) is 0 Å². The molecule has 1 heterocycles. The third-order valence-corrected chi connectivity index (χ3v) is 1.82. The lowest BCUT2D eigenvalue weighted by atomic mass is 10.3. The van der Waals surface area contributed by atoms with E-state index in [4.69, 9.17) is 0 Å². The van der Waals surface area contributed by atoms with Gasteiger partial charge in [-0.05, 0) is 6.92 Å². The van der Waals surface area contributed by atoms with Crippen molar-refractivity contribution in [1.82, 2.24) is 0 Å². The summed E-state index contributed by atoms with van der Waals surface area (Å²) in [4.78, 5) is 0. The second kappa shape index (κ2) is 2.37. The van der Waals surface area contributed by atoms with E-state index in [2.05, 4.69) is 31.3 Å². The molecule has 0 aromatic heterocycles. The SMILES string of the molecule is C=[N+]1CC(C)=C[N+](C)=C1C. The first-order valence-electron chi connectivity index (χ1n) is 3.43. The van der Waals surface area contributed by atoms with Crippen molar-refractivity contribution in [1.29, 1.82) is 0 Å². The molecule has 0 spiro atoms. The van der Waals surface area contributed by atoms with Crippen LogP contribution in [0.3, 0.4) is 0 Å². The van der Waals surface area contributed by atoms with E-state index in [9.17, 15) is 0 Å². The summed E-state index contributed by atoms with van der Waals surface area (Å²) in [5, 5.41) is 0. The van der Waals surface area contributed by atoms with Gasteiger partial charge in [0.25, 0.3) is 0 Å². The van der Waals surface area contributed by atoms with Crippen LogP contribution in [0, 0.1) is 0 Å². The molecular formula is C8H14N2+2. The third kappa shape index (κ3) is 1.15. The van der Waals surface area contributed by atoms with Gasteiger partial charge in [-0.15, -0.1) is 9.15 Å². The fourth-order valence-corrected chi connectivity index (χ4v) is 1.10. The van der Waals surface area contributed by atoms with Crippen molar-refractivity contribution in [2.24, 2.45) is 0 Å². The monoisotopic (exact) mass is 138 g/mol. The van der Waals surface area contributed by atoms with E-state index in [0.29, 0.717) is 0 Å². The predicted molar refractivity (Wildman–Crippen MR) is 42.9 cm³/mol. The van der Waals surface area contributed by atoms with Crippen LogP contribution in [0.1, 0.15) is 13.8 Å². The normalized spacial score (nSPS) is 19.5. The molecule has 10 heavy (non-hydrogen) atoms. The first-order chi connectivity index (χ1) is 4.61. The van der Waals surface area contributed by atoms with E-state index in [1.807, 2.05) is 11.6 Å². The Kier molecular flexibility index (Phi) is 1.70. The van der Waals surface area contributed by atoms with Crippen molar-refractivity contribution >= 4 is 12.6 Å². The number of amidine groups is 1. The van der Waals surface area contributed by atoms with Crippen molar-refractivity contribution < 1.29 is 9.15 Å². The predicted octanol–water partition coefficient (Wildman–Crippen LogP) is 0.678. The Balaban J connectivity index is 3.03. The summed E-state index contributed by atoms with van der Waals surface area (Å²) < 4.78 is 4.08. The molecule has 0 atom stereocenters. The Morgan fingerprint density at radius 1 is 1.50 bits per heavy atom. The molecule has 2 heteroatoms. The van der Waals surface area contributed by atoms with Crippen molar-refractivity contribution in [3.05, 3.63) is 11.8 Å². The number of hydrogen-bond donors (Lipinski definition) is 0. The van der Waals surface area contributed by atoms with E-state index in [1.54, 1.807) is 0 Å². The highest BCUT2D eigenvalue weighted by atomic mass is 15.2. The minimum atomic E-state index is 0.955. The third-order valence-electron chi connectivity index (χ3n) is 1.82. The van der Waals surface area contributed by atoms with Gasteiger partial charge in [0.1, 0.15) is 13.8 Å². The molecule has 0 radical (unpaired) electrons. The molecule has 0 aliphatic carbocycles. The van der Waals surface area contributed by atoms with Gasteiger partial charge >= 0.3 is 5.84 Å². The van der Waals surface area contributed by atoms with E-state index in [-0.39, 0.29) is 0 Å². The van der Waals surface area contributed by atoms with Gasteiger partial charge in [0, 0.05) is 0 Å². The van der Waals surface area contributed by atoms with E-state index < -0.39 is 0 Å². The van der Waals surface area contributed by atoms with Gasteiger partial charge in [0.15, 0.2) is 12.7 Å². The largest absolute Gasteiger partial charge is 0.414 e. The molecule has 0 aromatic rings. The summed E-state index contributed by atoms with van der Waals surface area (Å²) in [7, 11) is 2.04. The van der Waals surface area contributed by atoms with Crippen LogP contribution in [0.2, 0.25) is 0 Å². The zero-order chi connectivity index (χ0) is 7.72. The highest BCUT2D eigenvalue weighted by Crippen LogP contribution is 1.99. The summed E-state index contributed by atoms with van der Waals surface area (Å²) in [5.41, 5.74) is 1.35. The standard InChI is InChI=1S/C8H14N2/c1-7-5-9(3)8(2)10(4)6-7/h6H,3,5H2,1-2,4H3/q+2. The second-order valence-corrected chi connectivity index (χ2v) is 2.83. The summed E-state index contributed by atoms with van der Waals surface area (Å²) in [6.45, 7) is 9.03. The molecule has 0 saturated carbocycles. The Labute approximate surface area is 61.8 Å². The summed E-state index contributed by atoms with van der Waals surface area (Å²) in [6.07, 6.45) is 2.14. The van der Waals surface area contributed by atoms with Crippen LogP contribution < -0.4 is 0 Å². The maximum absolute atomic E-state index is 3.89. The minimum Gasteiger partial charge on any atom is -0.150 e. The van der Waals surface area contributed by atoms with Crippen LogP contribution in [-0.4, -0.2) is 35.3 Å². The lowest BCUT2D eigenvalue weighted by molar-refractivity contribution is -0.529. The maximum atomic E-state index is 3.89. The fourth-order valence-electron chi connectivity index (χ4n) is 1.10. The molecule has 0 amide bonds. The zero-order valence-electron chi connectivity index (χ0n) is 6.89. The van der Waals surface area contributed by atoms with Gasteiger partial charge in [-0.25, -0.2) is 0 Å². The van der Waals surface area contributed by atoms with Gasteiger partial charge in [0.2, 0.25) is 0 Å². The first kappa shape index (κ1) is 7.19. The molecule has 0 bridgehead atoms. The van der Waals surface area contributed by atoms with Gasteiger partial charge in [0.05, 0.1) is 12.5 Å². The van der Waals surface area contributed by atoms with Crippen LogP contribution in [-0.2, 0) is 0 Å². The molecule has 0 saturated heterocycles. The van der Waals surface area contributed by atoms with E-state index in [0.717, 1.165) is 6.54 Å². The van der Waals surface area contributed by atoms with E-state index in [1.165, 1.54) is 11.4 Å². The van der Waals surface area contributed by atoms with Crippen LogP contribution in [0.25, 0.3) is 0 Å². The molecule has 0 unspecified atom stereocenters. The first-order valence-corrected chi connectivity index (χ1v) is 3.43. The average molecular weight is 138 g/mol. The van der Waals surface area contributed by atoms with Gasteiger partial charge < -0.3 is 0 Å². The lowest BCUT2D eigenvalue weighted by Gasteiger charge is -2.03.